The summed E-state index contributed by atoms with van der Waals surface area (Å²) in [6, 6.07) is 0. The van der Waals surface area contributed by atoms with Crippen LogP contribution < -0.4 is 29.6 Å². The van der Waals surface area contributed by atoms with Crippen LogP contribution in [0.25, 0.3) is 0 Å². The third-order valence-corrected chi connectivity index (χ3v) is 1.40. The van der Waals surface area contributed by atoms with Crippen LogP contribution >= 0.6 is 0 Å². The van der Waals surface area contributed by atoms with Crippen molar-refractivity contribution in [2.45, 2.75) is 25.7 Å². The van der Waals surface area contributed by atoms with Crippen LogP contribution in [0.15, 0.2) is 5.16 Å². The van der Waals surface area contributed by atoms with Crippen molar-refractivity contribution in [1.29, 1.82) is 0 Å². The Morgan fingerprint density at radius 1 is 1.00 bits per heavy atom. The molecule has 0 atom stereocenters. The van der Waals surface area contributed by atoms with E-state index in [0.29, 0.717) is 0 Å². The fourth-order valence-corrected chi connectivity index (χ4v) is 0.727. The number of carboxylic acids is 2. The number of hydrogen-bond donors (Lipinski definition) is 3. The van der Waals surface area contributed by atoms with Gasteiger partial charge < -0.3 is 16.8 Å². The van der Waals surface area contributed by atoms with Gasteiger partial charge >= 0.3 is 41.5 Å². The molecule has 0 aliphatic carbocycles. The Hall–Kier alpha value is -0.590. The zero-order chi connectivity index (χ0) is 10.3. The van der Waals surface area contributed by atoms with Gasteiger partial charge in [0.25, 0.3) is 0 Å². The number of nitrogens with zero attached hydrogens (tertiary/aromatic N) is 1. The number of hydrogen-bond acceptors (Lipinski definition) is 4. The zero-order valence-corrected chi connectivity index (χ0v) is 9.93. The molecule has 0 aromatic heterocycles. The van der Waals surface area contributed by atoms with Crippen LogP contribution in [0.4, 0.5) is 0 Å². The van der Waals surface area contributed by atoms with E-state index < -0.39 is 11.9 Å². The van der Waals surface area contributed by atoms with E-state index >= 15 is 0 Å². The fourth-order valence-electron chi connectivity index (χ4n) is 0.727. The summed E-state index contributed by atoms with van der Waals surface area (Å²) in [4.78, 5) is 20.2. The summed E-state index contributed by atoms with van der Waals surface area (Å²) >= 11 is 0. The molecule has 6 nitrogen and oxygen atoms in total. The Bertz CT molecular complexity index is 213. The van der Waals surface area contributed by atoms with Gasteiger partial charge in [0.1, 0.15) is 0 Å². The third-order valence-electron chi connectivity index (χ3n) is 1.40. The molecule has 0 rings (SSSR count). The molecule has 0 unspecified atom stereocenters. The first-order valence-electron chi connectivity index (χ1n) is 3.69. The number of aliphatic carboxylic acids is 2. The van der Waals surface area contributed by atoms with Crippen molar-refractivity contribution in [2.75, 3.05) is 0 Å². The fraction of sp³-hybridized carbons (Fsp3) is 0.571. The van der Waals surface area contributed by atoms with Crippen LogP contribution in [0, 0.1) is 0 Å². The van der Waals surface area contributed by atoms with Gasteiger partial charge in [-0.3, -0.25) is 9.59 Å². The molecule has 0 aromatic rings. The van der Waals surface area contributed by atoms with Crippen molar-refractivity contribution < 1.29 is 56.0 Å². The molecule has 7 heteroatoms. The Balaban J connectivity index is -0.000000720. The first-order valence-corrected chi connectivity index (χ1v) is 3.69. The summed E-state index contributed by atoms with van der Waals surface area (Å²) in [6.45, 7) is 0. The quantitative estimate of drug-likeness (QED) is 0.198. The molecule has 0 heterocycles. The van der Waals surface area contributed by atoms with Gasteiger partial charge in [-0.1, -0.05) is 5.16 Å². The van der Waals surface area contributed by atoms with Gasteiger partial charge in [0.05, 0.1) is 18.6 Å². The van der Waals surface area contributed by atoms with Gasteiger partial charge in [-0.2, -0.15) is 0 Å². The van der Waals surface area contributed by atoms with E-state index in [2.05, 4.69) is 5.16 Å². The minimum atomic E-state index is -1.00. The molecule has 3 N–H and O–H groups in total. The molecule has 0 spiro atoms. The predicted octanol–water partition coefficient (Wildman–Crippen LogP) is -2.34. The summed E-state index contributed by atoms with van der Waals surface area (Å²) < 4.78 is 0. The van der Waals surface area contributed by atoms with Crippen molar-refractivity contribution in [1.82, 2.24) is 0 Å². The van der Waals surface area contributed by atoms with Gasteiger partial charge in [-0.15, -0.1) is 0 Å². The molecule has 0 aromatic carbocycles. The predicted molar refractivity (Wildman–Crippen MR) is 44.1 cm³/mol. The minimum absolute atomic E-state index is 0. The van der Waals surface area contributed by atoms with E-state index in [0.717, 1.165) is 0 Å². The average molecular weight is 213 g/mol. The molecule has 14 heavy (non-hydrogen) atoms. The zero-order valence-electron chi connectivity index (χ0n) is 8.93. The summed E-state index contributed by atoms with van der Waals surface area (Å²) in [5.41, 5.74) is 0.199. The second kappa shape index (κ2) is 8.98. The Kier molecular flexibility index (Phi) is 10.2. The van der Waals surface area contributed by atoms with Crippen LogP contribution in [-0.2, 0) is 9.59 Å². The third kappa shape index (κ3) is 9.50. The van der Waals surface area contributed by atoms with E-state index in [4.69, 9.17) is 15.4 Å². The maximum Gasteiger partial charge on any atom is 1.00 e. The smallest absolute Gasteiger partial charge is 1.00 e. The molecular formula is C7H12NNaO5. The number of oxime groups is 1. The van der Waals surface area contributed by atoms with Crippen LogP contribution in [-0.4, -0.2) is 33.1 Å². The van der Waals surface area contributed by atoms with E-state index in [1.165, 1.54) is 0 Å². The Morgan fingerprint density at radius 2 is 1.36 bits per heavy atom. The summed E-state index contributed by atoms with van der Waals surface area (Å²) in [5, 5.41) is 27.7. The van der Waals surface area contributed by atoms with E-state index in [-0.39, 0.29) is 62.4 Å². The molecule has 0 radical (unpaired) electrons. The largest absolute Gasteiger partial charge is 1.00 e. The maximum atomic E-state index is 10.1. The topological polar surface area (TPSA) is 107 Å². The summed E-state index contributed by atoms with van der Waals surface area (Å²) in [6.07, 6.45) is -0.143. The number of carboxylic acid groups (broad SMARTS) is 2. The number of carbonyl (C=O) groups is 2. The van der Waals surface area contributed by atoms with Crippen molar-refractivity contribution >= 4 is 17.7 Å². The van der Waals surface area contributed by atoms with Crippen LogP contribution in [0.3, 0.4) is 0 Å². The van der Waals surface area contributed by atoms with Crippen LogP contribution in [0.2, 0.25) is 0 Å². The SMILES string of the molecule is O=C(O)CCC(CCC(=O)O)=NO.[H-].[Na+]. The Labute approximate surface area is 104 Å². The van der Waals surface area contributed by atoms with E-state index in [9.17, 15) is 9.59 Å². The molecule has 0 bridgehead atoms. The van der Waals surface area contributed by atoms with Gasteiger partial charge in [0.15, 0.2) is 0 Å². The van der Waals surface area contributed by atoms with Crippen molar-refractivity contribution in [3.63, 3.8) is 0 Å². The van der Waals surface area contributed by atoms with E-state index in [1.807, 2.05) is 0 Å². The van der Waals surface area contributed by atoms with Gasteiger partial charge in [-0.25, -0.2) is 0 Å². The van der Waals surface area contributed by atoms with Gasteiger partial charge in [0, 0.05) is 0 Å². The summed E-state index contributed by atoms with van der Waals surface area (Å²) in [7, 11) is 0. The number of rotatable bonds is 6. The Morgan fingerprint density at radius 3 is 1.57 bits per heavy atom. The van der Waals surface area contributed by atoms with Crippen molar-refractivity contribution in [2.24, 2.45) is 5.16 Å². The molecule has 0 fully saturated rings. The maximum absolute atomic E-state index is 10.1. The molecule has 0 amide bonds. The van der Waals surface area contributed by atoms with Crippen LogP contribution in [0.5, 0.6) is 0 Å². The van der Waals surface area contributed by atoms with Crippen molar-refractivity contribution in [3.05, 3.63) is 0 Å². The normalized spacial score (nSPS) is 8.57. The molecule has 0 saturated carbocycles. The summed E-state index contributed by atoms with van der Waals surface area (Å²) in [5.74, 6) is -2.01. The second-order valence-electron chi connectivity index (χ2n) is 2.45. The molecular weight excluding hydrogens is 201 g/mol. The monoisotopic (exact) mass is 213 g/mol. The first kappa shape index (κ1) is 15.9. The first-order chi connectivity index (χ1) is 6.06. The molecule has 0 aliphatic rings. The second-order valence-corrected chi connectivity index (χ2v) is 2.45. The average Bonchev–Trinajstić information content (AvgIpc) is 2.04. The van der Waals surface area contributed by atoms with E-state index in [1.54, 1.807) is 0 Å². The standard InChI is InChI=1S/C7H11NO5.Na.H/c9-6(10)3-1-5(8-13)2-4-7(11)12;;/h13H,1-4H2,(H,9,10)(H,11,12);;/q;+1;-1. The minimum Gasteiger partial charge on any atom is -1.00 e. The van der Waals surface area contributed by atoms with Gasteiger partial charge in [-0.05, 0) is 12.8 Å². The van der Waals surface area contributed by atoms with Gasteiger partial charge in [0.2, 0.25) is 0 Å². The molecule has 0 saturated heterocycles. The van der Waals surface area contributed by atoms with Crippen molar-refractivity contribution in [3.8, 4) is 0 Å². The molecule has 0 aliphatic heterocycles. The van der Waals surface area contributed by atoms with Crippen LogP contribution in [0.1, 0.15) is 27.1 Å². The molecule has 76 valence electrons.